The molecule has 4 nitrogen and oxygen atoms in total. The average molecular weight is 205 g/mol. The molecule has 80 valence electrons. The maximum absolute atomic E-state index is 5.20. The third kappa shape index (κ3) is 1.56. The Kier molecular flexibility index (Phi) is 2.34. The van der Waals surface area contributed by atoms with Gasteiger partial charge in [-0.3, -0.25) is 4.68 Å². The lowest BCUT2D eigenvalue weighted by Crippen LogP contribution is -2.00. The van der Waals surface area contributed by atoms with Crippen molar-refractivity contribution < 1.29 is 4.52 Å². The Morgan fingerprint density at radius 1 is 1.40 bits per heavy atom. The number of rotatable bonds is 2. The first-order chi connectivity index (χ1) is 7.11. The van der Waals surface area contributed by atoms with Crippen molar-refractivity contribution in [3.63, 3.8) is 0 Å². The van der Waals surface area contributed by atoms with Gasteiger partial charge in [0.05, 0.1) is 23.1 Å². The van der Waals surface area contributed by atoms with Gasteiger partial charge in [0, 0.05) is 13.1 Å². The predicted octanol–water partition coefficient (Wildman–Crippen LogP) is 2.51. The lowest BCUT2D eigenvalue weighted by molar-refractivity contribution is 0.431. The predicted molar refractivity (Wildman–Crippen MR) is 57.5 cm³/mol. The summed E-state index contributed by atoms with van der Waals surface area (Å²) in [5.74, 6) is 1.21. The molecule has 0 aliphatic heterocycles. The van der Waals surface area contributed by atoms with Crippen LogP contribution >= 0.6 is 0 Å². The summed E-state index contributed by atoms with van der Waals surface area (Å²) in [7, 11) is 1.96. The molecule has 0 N–H and O–H groups in total. The van der Waals surface area contributed by atoms with Crippen molar-refractivity contribution >= 4 is 0 Å². The molecule has 0 amide bonds. The normalized spacial score (nSPS) is 11.3. The summed E-state index contributed by atoms with van der Waals surface area (Å²) in [6.07, 6.45) is 1.66. The van der Waals surface area contributed by atoms with Gasteiger partial charge in [-0.05, 0) is 12.8 Å². The molecule has 4 heteroatoms. The molecular weight excluding hydrogens is 190 g/mol. The molecule has 0 spiro atoms. The number of nitrogens with zero attached hydrogens (tertiary/aromatic N) is 3. The van der Waals surface area contributed by atoms with Crippen molar-refractivity contribution in [1.82, 2.24) is 14.9 Å². The Balaban J connectivity index is 2.64. The molecule has 2 heterocycles. The minimum atomic E-state index is 0.413. The summed E-state index contributed by atoms with van der Waals surface area (Å²) in [4.78, 5) is 0. The quantitative estimate of drug-likeness (QED) is 0.756. The van der Waals surface area contributed by atoms with Gasteiger partial charge in [0.25, 0.3) is 0 Å². The molecule has 2 rings (SSSR count). The largest absolute Gasteiger partial charge is 0.356 e. The summed E-state index contributed by atoms with van der Waals surface area (Å²) in [6, 6.07) is 1.87. The van der Waals surface area contributed by atoms with Gasteiger partial charge in [-0.2, -0.15) is 5.10 Å². The smallest absolute Gasteiger partial charge is 0.170 e. The molecular formula is C11H15N3O. The Morgan fingerprint density at radius 3 is 2.67 bits per heavy atom. The van der Waals surface area contributed by atoms with E-state index in [0.717, 1.165) is 17.0 Å². The van der Waals surface area contributed by atoms with Crippen LogP contribution in [0, 0.1) is 6.92 Å². The highest BCUT2D eigenvalue weighted by Crippen LogP contribution is 2.31. The topological polar surface area (TPSA) is 43.9 Å². The van der Waals surface area contributed by atoms with Gasteiger partial charge < -0.3 is 4.52 Å². The summed E-state index contributed by atoms with van der Waals surface area (Å²) in [6.45, 7) is 6.29. The second-order valence-electron chi connectivity index (χ2n) is 4.00. The number of hydrogen-bond donors (Lipinski definition) is 0. The van der Waals surface area contributed by atoms with Crippen LogP contribution in [0.5, 0.6) is 0 Å². The molecule has 2 aromatic rings. The molecule has 0 aliphatic carbocycles. The zero-order valence-corrected chi connectivity index (χ0v) is 9.48. The lowest BCUT2D eigenvalue weighted by atomic mass is 10.0. The van der Waals surface area contributed by atoms with Crippen LogP contribution in [-0.4, -0.2) is 14.9 Å². The van der Waals surface area contributed by atoms with Crippen LogP contribution in [0.15, 0.2) is 16.8 Å². The van der Waals surface area contributed by atoms with E-state index in [1.165, 1.54) is 5.69 Å². The second kappa shape index (κ2) is 3.53. The SMILES string of the molecule is Cc1nn(C)c(C(C)C)c1-c1ccno1. The third-order valence-corrected chi connectivity index (χ3v) is 2.50. The number of aromatic nitrogens is 3. The van der Waals surface area contributed by atoms with Crippen LogP contribution in [0.25, 0.3) is 11.3 Å². The van der Waals surface area contributed by atoms with Crippen LogP contribution in [0.3, 0.4) is 0 Å². The number of aryl methyl sites for hydroxylation is 2. The standard InChI is InChI=1S/C11H15N3O/c1-7(2)11-10(8(3)13-14(11)4)9-5-6-12-15-9/h5-7H,1-4H3. The van der Waals surface area contributed by atoms with Gasteiger partial charge >= 0.3 is 0 Å². The maximum Gasteiger partial charge on any atom is 0.170 e. The van der Waals surface area contributed by atoms with Crippen LogP contribution in [0.1, 0.15) is 31.2 Å². The van der Waals surface area contributed by atoms with Gasteiger partial charge in [0.15, 0.2) is 5.76 Å². The third-order valence-electron chi connectivity index (χ3n) is 2.50. The van der Waals surface area contributed by atoms with Gasteiger partial charge in [-0.1, -0.05) is 19.0 Å². The van der Waals surface area contributed by atoms with E-state index >= 15 is 0 Å². The molecule has 0 aliphatic rings. The van der Waals surface area contributed by atoms with Crippen molar-refractivity contribution in [2.75, 3.05) is 0 Å². The highest BCUT2D eigenvalue weighted by atomic mass is 16.5. The monoisotopic (exact) mass is 205 g/mol. The summed E-state index contributed by atoms with van der Waals surface area (Å²) in [5.41, 5.74) is 3.24. The lowest BCUT2D eigenvalue weighted by Gasteiger charge is -2.07. The minimum absolute atomic E-state index is 0.413. The summed E-state index contributed by atoms with van der Waals surface area (Å²) in [5, 5.41) is 8.15. The highest BCUT2D eigenvalue weighted by molar-refractivity contribution is 5.63. The fourth-order valence-corrected chi connectivity index (χ4v) is 1.99. The molecule has 0 radical (unpaired) electrons. The molecule has 0 saturated carbocycles. The van der Waals surface area contributed by atoms with Crippen LogP contribution in [0.2, 0.25) is 0 Å². The molecule has 0 unspecified atom stereocenters. The van der Waals surface area contributed by atoms with Crippen molar-refractivity contribution in [1.29, 1.82) is 0 Å². The molecule has 0 atom stereocenters. The van der Waals surface area contributed by atoms with E-state index in [0.29, 0.717) is 5.92 Å². The Hall–Kier alpha value is -1.58. The fourth-order valence-electron chi connectivity index (χ4n) is 1.99. The van der Waals surface area contributed by atoms with Crippen molar-refractivity contribution in [3.8, 4) is 11.3 Å². The van der Waals surface area contributed by atoms with Gasteiger partial charge in [0.1, 0.15) is 0 Å². The maximum atomic E-state index is 5.20. The van der Waals surface area contributed by atoms with Crippen molar-refractivity contribution in [2.45, 2.75) is 26.7 Å². The van der Waals surface area contributed by atoms with Crippen LogP contribution < -0.4 is 0 Å². The average Bonchev–Trinajstić information content (AvgIpc) is 2.71. The Labute approximate surface area is 88.9 Å². The van der Waals surface area contributed by atoms with E-state index in [2.05, 4.69) is 24.1 Å². The first-order valence-corrected chi connectivity index (χ1v) is 5.05. The zero-order chi connectivity index (χ0) is 11.0. The molecule has 0 bridgehead atoms. The Bertz CT molecular complexity index is 454. The summed E-state index contributed by atoms with van der Waals surface area (Å²) < 4.78 is 7.12. The summed E-state index contributed by atoms with van der Waals surface area (Å²) >= 11 is 0. The van der Waals surface area contributed by atoms with Crippen molar-refractivity contribution in [2.24, 2.45) is 7.05 Å². The first-order valence-electron chi connectivity index (χ1n) is 5.05. The number of hydrogen-bond acceptors (Lipinski definition) is 3. The first kappa shape index (κ1) is 9.96. The van der Waals surface area contributed by atoms with Gasteiger partial charge in [-0.15, -0.1) is 0 Å². The van der Waals surface area contributed by atoms with E-state index in [4.69, 9.17) is 4.52 Å². The molecule has 0 fully saturated rings. The van der Waals surface area contributed by atoms with Crippen molar-refractivity contribution in [3.05, 3.63) is 23.7 Å². The minimum Gasteiger partial charge on any atom is -0.356 e. The van der Waals surface area contributed by atoms with E-state index < -0.39 is 0 Å². The van der Waals surface area contributed by atoms with Crippen LogP contribution in [0.4, 0.5) is 0 Å². The van der Waals surface area contributed by atoms with Gasteiger partial charge in [0.2, 0.25) is 0 Å². The zero-order valence-electron chi connectivity index (χ0n) is 9.48. The molecule has 2 aromatic heterocycles. The fraction of sp³-hybridized carbons (Fsp3) is 0.455. The molecule has 15 heavy (non-hydrogen) atoms. The molecule has 0 aromatic carbocycles. The van der Waals surface area contributed by atoms with Crippen LogP contribution in [-0.2, 0) is 7.05 Å². The van der Waals surface area contributed by atoms with E-state index in [1.54, 1.807) is 6.20 Å². The second-order valence-corrected chi connectivity index (χ2v) is 4.00. The Morgan fingerprint density at radius 2 is 2.13 bits per heavy atom. The van der Waals surface area contributed by atoms with Gasteiger partial charge in [-0.25, -0.2) is 0 Å². The van der Waals surface area contributed by atoms with E-state index in [9.17, 15) is 0 Å². The molecule has 0 saturated heterocycles. The van der Waals surface area contributed by atoms with E-state index in [-0.39, 0.29) is 0 Å². The van der Waals surface area contributed by atoms with E-state index in [1.807, 2.05) is 24.7 Å². The highest BCUT2D eigenvalue weighted by Gasteiger charge is 2.19.